The van der Waals surface area contributed by atoms with E-state index in [1.54, 1.807) is 13.8 Å². The van der Waals surface area contributed by atoms with E-state index in [0.29, 0.717) is 12.7 Å². The topological polar surface area (TPSA) is 162 Å². The first kappa shape index (κ1) is 31.2. The number of nitrogens with two attached hydrogens (primary N) is 1. The molecule has 1 saturated heterocycles. The van der Waals surface area contributed by atoms with Crippen molar-refractivity contribution in [3.63, 3.8) is 0 Å². The van der Waals surface area contributed by atoms with E-state index in [1.165, 1.54) is 12.5 Å². The van der Waals surface area contributed by atoms with Crippen molar-refractivity contribution >= 4 is 30.0 Å². The van der Waals surface area contributed by atoms with Crippen molar-refractivity contribution in [1.82, 2.24) is 20.4 Å². The van der Waals surface area contributed by atoms with Crippen LogP contribution < -0.4 is 16.4 Å². The molecule has 1 aliphatic rings. The van der Waals surface area contributed by atoms with Gasteiger partial charge in [0.2, 0.25) is 11.8 Å². The van der Waals surface area contributed by atoms with Gasteiger partial charge in [-0.1, -0.05) is 53.5 Å². The molecule has 0 aromatic rings. The van der Waals surface area contributed by atoms with E-state index in [1.807, 2.05) is 6.92 Å². The molecule has 0 aromatic heterocycles. The van der Waals surface area contributed by atoms with Crippen molar-refractivity contribution in [2.24, 2.45) is 11.7 Å². The van der Waals surface area contributed by atoms with Crippen molar-refractivity contribution in [3.8, 4) is 0 Å². The predicted molar refractivity (Wildman–Crippen MR) is 128 cm³/mol. The van der Waals surface area contributed by atoms with Crippen molar-refractivity contribution in [1.29, 1.82) is 0 Å². The summed E-state index contributed by atoms with van der Waals surface area (Å²) in [5.41, 5.74) is 5.90. The second-order valence-corrected chi connectivity index (χ2v) is 8.44. The van der Waals surface area contributed by atoms with E-state index in [0.717, 1.165) is 9.80 Å². The lowest BCUT2D eigenvalue weighted by Crippen LogP contribution is -2.58. The summed E-state index contributed by atoms with van der Waals surface area (Å²) >= 11 is 0. The maximum Gasteiger partial charge on any atom is 0.328 e. The van der Waals surface area contributed by atoms with Crippen LogP contribution in [-0.4, -0.2) is 88.8 Å². The molecular weight excluding hydrogens is 442 g/mol. The summed E-state index contributed by atoms with van der Waals surface area (Å²) in [6, 6.07) is -3.98. The number of nitrogens with zero attached hydrogens (tertiary/aromatic N) is 2. The van der Waals surface area contributed by atoms with Crippen LogP contribution in [-0.2, 0) is 19.2 Å². The van der Waals surface area contributed by atoms with Crippen molar-refractivity contribution in [3.05, 3.63) is 12.7 Å². The van der Waals surface area contributed by atoms with E-state index >= 15 is 0 Å². The fourth-order valence-electron chi connectivity index (χ4n) is 3.15. The molecular formula is C23H41N5O6. The summed E-state index contributed by atoms with van der Waals surface area (Å²) in [5.74, 6) is -2.42. The number of aliphatic hydroxyl groups excluding tert-OH is 1. The van der Waals surface area contributed by atoms with Crippen molar-refractivity contribution in [2.75, 3.05) is 19.6 Å². The van der Waals surface area contributed by atoms with Gasteiger partial charge in [0.1, 0.15) is 12.3 Å². The summed E-state index contributed by atoms with van der Waals surface area (Å²) in [4.78, 5) is 63.3. The molecule has 11 nitrogen and oxygen atoms in total. The standard InChI is InChI=1S/C20H33N5O6.C3H8/c1-5-7-13(16(27)18(29)22-8-6-2)23-17(28)14-11-24(9-10-26)20(31)25(14)19(30)15(21)12(3)4;1-3-2/h6,10,12-16,27H,2,5,7-9,11,21H2,1,3-4H3,(H,22,29)(H,23,28);3H2,1-2H3. The lowest BCUT2D eigenvalue weighted by molar-refractivity contribution is -0.139. The number of hydrogen-bond donors (Lipinski definition) is 4. The van der Waals surface area contributed by atoms with Gasteiger partial charge >= 0.3 is 6.03 Å². The highest BCUT2D eigenvalue weighted by Crippen LogP contribution is 2.19. The Hall–Kier alpha value is -2.79. The number of rotatable bonds is 12. The number of aliphatic hydroxyl groups is 1. The Kier molecular flexibility index (Phi) is 14.6. The number of imide groups is 1. The van der Waals surface area contributed by atoms with Gasteiger partial charge in [0.05, 0.1) is 25.2 Å². The molecule has 0 bridgehead atoms. The lowest BCUT2D eigenvalue weighted by Gasteiger charge is -2.28. The zero-order chi connectivity index (χ0) is 26.4. The summed E-state index contributed by atoms with van der Waals surface area (Å²) in [6.07, 6.45) is 2.50. The van der Waals surface area contributed by atoms with Crippen molar-refractivity contribution < 1.29 is 29.1 Å². The van der Waals surface area contributed by atoms with Crippen LogP contribution in [0.3, 0.4) is 0 Å². The SMILES string of the molecule is C=CCNC(=O)C(O)C(CCC)NC(=O)C1CN(CC=O)C(=O)N1C(=O)C(N)C(C)C.CCC. The number of nitrogens with one attached hydrogen (secondary N) is 2. The highest BCUT2D eigenvalue weighted by molar-refractivity contribution is 6.04. The molecule has 5 amide bonds. The van der Waals surface area contributed by atoms with E-state index < -0.39 is 48.0 Å². The monoisotopic (exact) mass is 483 g/mol. The molecule has 0 aliphatic carbocycles. The molecule has 0 radical (unpaired) electrons. The van der Waals surface area contributed by atoms with Gasteiger partial charge in [-0.3, -0.25) is 14.4 Å². The minimum Gasteiger partial charge on any atom is -0.381 e. The third kappa shape index (κ3) is 8.86. The first-order valence-corrected chi connectivity index (χ1v) is 11.7. The number of urea groups is 1. The van der Waals surface area contributed by atoms with Gasteiger partial charge in [-0.15, -0.1) is 6.58 Å². The molecule has 34 heavy (non-hydrogen) atoms. The van der Waals surface area contributed by atoms with Gasteiger partial charge in [-0.2, -0.15) is 0 Å². The summed E-state index contributed by atoms with van der Waals surface area (Å²) in [6.45, 7) is 12.6. The van der Waals surface area contributed by atoms with Crippen molar-refractivity contribution in [2.45, 2.75) is 78.1 Å². The van der Waals surface area contributed by atoms with E-state index in [-0.39, 0.29) is 32.0 Å². The second kappa shape index (κ2) is 15.9. The number of carbonyl (C=O) groups is 5. The molecule has 1 fully saturated rings. The highest BCUT2D eigenvalue weighted by atomic mass is 16.3. The van der Waals surface area contributed by atoms with E-state index in [9.17, 15) is 29.1 Å². The average Bonchev–Trinajstić information content (AvgIpc) is 3.12. The number of amides is 5. The fraction of sp³-hybridized carbons (Fsp3) is 0.696. The van der Waals surface area contributed by atoms with Crippen LogP contribution in [0.15, 0.2) is 12.7 Å². The van der Waals surface area contributed by atoms with E-state index in [2.05, 4.69) is 31.1 Å². The molecule has 1 aliphatic heterocycles. The number of hydrogen-bond acceptors (Lipinski definition) is 7. The summed E-state index contributed by atoms with van der Waals surface area (Å²) in [5, 5.41) is 15.4. The molecule has 194 valence electrons. The van der Waals surface area contributed by atoms with Gasteiger partial charge in [-0.25, -0.2) is 9.69 Å². The Morgan fingerprint density at radius 3 is 2.32 bits per heavy atom. The van der Waals surface area contributed by atoms with Crippen LogP contribution in [0.25, 0.3) is 0 Å². The lowest BCUT2D eigenvalue weighted by atomic mass is 10.0. The van der Waals surface area contributed by atoms with E-state index in [4.69, 9.17) is 5.73 Å². The molecule has 1 rings (SSSR count). The van der Waals surface area contributed by atoms with Crippen LogP contribution in [0.4, 0.5) is 4.79 Å². The zero-order valence-electron chi connectivity index (χ0n) is 21.0. The van der Waals surface area contributed by atoms with Crippen LogP contribution in [0.2, 0.25) is 0 Å². The quantitative estimate of drug-likeness (QED) is 0.227. The molecule has 0 aromatic carbocycles. The Morgan fingerprint density at radius 1 is 1.26 bits per heavy atom. The van der Waals surface area contributed by atoms with Gasteiger partial charge in [0, 0.05) is 6.54 Å². The number of aldehydes is 1. The zero-order valence-corrected chi connectivity index (χ0v) is 21.0. The largest absolute Gasteiger partial charge is 0.381 e. The average molecular weight is 484 g/mol. The van der Waals surface area contributed by atoms with Crippen LogP contribution in [0.1, 0.15) is 53.9 Å². The Labute approximate surface area is 202 Å². The molecule has 4 atom stereocenters. The first-order chi connectivity index (χ1) is 16.0. The smallest absolute Gasteiger partial charge is 0.328 e. The van der Waals surface area contributed by atoms with Gasteiger partial charge in [0.15, 0.2) is 6.10 Å². The fourth-order valence-corrected chi connectivity index (χ4v) is 3.15. The molecule has 4 unspecified atom stereocenters. The first-order valence-electron chi connectivity index (χ1n) is 11.7. The third-order valence-electron chi connectivity index (χ3n) is 5.02. The third-order valence-corrected chi connectivity index (χ3v) is 5.02. The highest BCUT2D eigenvalue weighted by Gasteiger charge is 2.47. The number of carbonyl (C=O) groups excluding carboxylic acids is 5. The molecule has 11 heteroatoms. The summed E-state index contributed by atoms with van der Waals surface area (Å²) < 4.78 is 0. The van der Waals surface area contributed by atoms with Gasteiger partial charge in [0.25, 0.3) is 5.91 Å². The molecule has 0 spiro atoms. The minimum absolute atomic E-state index is 0.149. The van der Waals surface area contributed by atoms with Crippen LogP contribution >= 0.6 is 0 Å². The Bertz CT molecular complexity index is 714. The molecule has 1 heterocycles. The van der Waals surface area contributed by atoms with Crippen LogP contribution in [0, 0.1) is 5.92 Å². The predicted octanol–water partition coefficient (Wildman–Crippen LogP) is 0.166. The maximum atomic E-state index is 13.0. The Morgan fingerprint density at radius 2 is 1.85 bits per heavy atom. The van der Waals surface area contributed by atoms with Crippen LogP contribution in [0.5, 0.6) is 0 Å². The molecule has 5 N–H and O–H groups in total. The van der Waals surface area contributed by atoms with Gasteiger partial charge in [-0.05, 0) is 12.3 Å². The molecule has 0 saturated carbocycles. The Balaban J connectivity index is 0.00000343. The summed E-state index contributed by atoms with van der Waals surface area (Å²) in [7, 11) is 0. The maximum absolute atomic E-state index is 13.0. The van der Waals surface area contributed by atoms with Gasteiger partial charge < -0.3 is 31.2 Å². The second-order valence-electron chi connectivity index (χ2n) is 8.44. The normalized spacial score (nSPS) is 17.9. The minimum atomic E-state index is -1.53.